The molecule has 0 bridgehead atoms. The molecule has 20 heavy (non-hydrogen) atoms. The summed E-state index contributed by atoms with van der Waals surface area (Å²) in [7, 11) is 1.71. The van der Waals surface area contributed by atoms with Crippen molar-refractivity contribution in [2.75, 3.05) is 13.7 Å². The van der Waals surface area contributed by atoms with Crippen LogP contribution >= 0.6 is 0 Å². The minimum absolute atomic E-state index is 0.203. The summed E-state index contributed by atoms with van der Waals surface area (Å²) in [5, 5.41) is 3.43. The van der Waals surface area contributed by atoms with Gasteiger partial charge in [-0.25, -0.2) is 0 Å². The van der Waals surface area contributed by atoms with Gasteiger partial charge in [0.2, 0.25) is 0 Å². The zero-order chi connectivity index (χ0) is 15.1. The molecule has 2 atom stereocenters. The molecule has 0 radical (unpaired) electrons. The SMILES string of the molecule is CCNC(C)c1c(OC)cccc1OC(C)CC(C)C. The lowest BCUT2D eigenvalue weighted by Gasteiger charge is -2.23. The van der Waals surface area contributed by atoms with Crippen molar-refractivity contribution in [2.45, 2.75) is 53.2 Å². The molecule has 3 nitrogen and oxygen atoms in total. The van der Waals surface area contributed by atoms with Crippen molar-refractivity contribution < 1.29 is 9.47 Å². The van der Waals surface area contributed by atoms with Crippen molar-refractivity contribution in [2.24, 2.45) is 5.92 Å². The normalized spacial score (nSPS) is 14.2. The Bertz CT molecular complexity index is 404. The molecule has 114 valence electrons. The van der Waals surface area contributed by atoms with Gasteiger partial charge in [-0.3, -0.25) is 0 Å². The van der Waals surface area contributed by atoms with Gasteiger partial charge >= 0.3 is 0 Å². The average Bonchev–Trinajstić information content (AvgIpc) is 2.37. The summed E-state index contributed by atoms with van der Waals surface area (Å²) in [5.74, 6) is 2.43. The lowest BCUT2D eigenvalue weighted by Crippen LogP contribution is -2.21. The van der Waals surface area contributed by atoms with Crippen LogP contribution in [0, 0.1) is 5.92 Å². The van der Waals surface area contributed by atoms with Gasteiger partial charge in [0.25, 0.3) is 0 Å². The smallest absolute Gasteiger partial charge is 0.128 e. The molecule has 0 spiro atoms. The van der Waals surface area contributed by atoms with E-state index in [0.29, 0.717) is 5.92 Å². The van der Waals surface area contributed by atoms with Gasteiger partial charge in [-0.2, -0.15) is 0 Å². The molecular weight excluding hydrogens is 250 g/mol. The molecule has 0 aromatic heterocycles. The van der Waals surface area contributed by atoms with E-state index in [9.17, 15) is 0 Å². The zero-order valence-electron chi connectivity index (χ0n) is 13.7. The standard InChI is InChI=1S/C17H29NO2/c1-7-18-14(5)17-15(19-6)9-8-10-16(17)20-13(4)11-12(2)3/h8-10,12-14,18H,7,11H2,1-6H3. The van der Waals surface area contributed by atoms with Crippen LogP contribution in [0.25, 0.3) is 0 Å². The highest BCUT2D eigenvalue weighted by atomic mass is 16.5. The molecule has 2 unspecified atom stereocenters. The molecule has 0 heterocycles. The predicted octanol–water partition coefficient (Wildman–Crippen LogP) is 4.18. The third kappa shape index (κ3) is 4.71. The van der Waals surface area contributed by atoms with Crippen LogP contribution in [0.5, 0.6) is 11.5 Å². The van der Waals surface area contributed by atoms with Crippen LogP contribution in [-0.2, 0) is 0 Å². The Morgan fingerprint density at radius 1 is 1.10 bits per heavy atom. The fourth-order valence-corrected chi connectivity index (χ4v) is 2.57. The van der Waals surface area contributed by atoms with Crippen molar-refractivity contribution in [3.8, 4) is 11.5 Å². The van der Waals surface area contributed by atoms with Crippen molar-refractivity contribution in [3.05, 3.63) is 23.8 Å². The highest BCUT2D eigenvalue weighted by molar-refractivity contribution is 5.46. The first-order valence-corrected chi connectivity index (χ1v) is 7.56. The number of benzene rings is 1. The summed E-state index contributed by atoms with van der Waals surface area (Å²) < 4.78 is 11.6. The summed E-state index contributed by atoms with van der Waals surface area (Å²) in [6.07, 6.45) is 1.25. The summed E-state index contributed by atoms with van der Waals surface area (Å²) in [6.45, 7) is 11.7. The van der Waals surface area contributed by atoms with E-state index in [2.05, 4.69) is 39.9 Å². The molecule has 0 saturated carbocycles. The maximum atomic E-state index is 6.15. The first kappa shape index (κ1) is 16.8. The number of rotatable bonds is 8. The lowest BCUT2D eigenvalue weighted by molar-refractivity contribution is 0.189. The number of nitrogens with one attached hydrogen (secondary N) is 1. The van der Waals surface area contributed by atoms with Crippen LogP contribution in [-0.4, -0.2) is 19.8 Å². The molecule has 0 saturated heterocycles. The first-order valence-electron chi connectivity index (χ1n) is 7.56. The van der Waals surface area contributed by atoms with Gasteiger partial charge in [-0.1, -0.05) is 26.8 Å². The molecule has 3 heteroatoms. The fourth-order valence-electron chi connectivity index (χ4n) is 2.57. The summed E-state index contributed by atoms with van der Waals surface area (Å²) in [5.41, 5.74) is 1.10. The summed E-state index contributed by atoms with van der Waals surface area (Å²) >= 11 is 0. The predicted molar refractivity (Wildman–Crippen MR) is 84.6 cm³/mol. The number of hydrogen-bond acceptors (Lipinski definition) is 3. The number of hydrogen-bond donors (Lipinski definition) is 1. The van der Waals surface area contributed by atoms with Crippen molar-refractivity contribution >= 4 is 0 Å². The van der Waals surface area contributed by atoms with Crippen molar-refractivity contribution in [3.63, 3.8) is 0 Å². The minimum Gasteiger partial charge on any atom is -0.496 e. The second kappa shape index (κ2) is 8.15. The summed E-state index contributed by atoms with van der Waals surface area (Å²) in [4.78, 5) is 0. The van der Waals surface area contributed by atoms with Gasteiger partial charge in [0, 0.05) is 6.04 Å². The maximum Gasteiger partial charge on any atom is 0.128 e. The van der Waals surface area contributed by atoms with Gasteiger partial charge in [-0.05, 0) is 44.9 Å². The van der Waals surface area contributed by atoms with E-state index in [1.807, 2.05) is 18.2 Å². The quantitative estimate of drug-likeness (QED) is 0.774. The average molecular weight is 279 g/mol. The van der Waals surface area contributed by atoms with E-state index in [0.717, 1.165) is 30.0 Å². The van der Waals surface area contributed by atoms with Crippen LogP contribution in [0.3, 0.4) is 0 Å². The Kier molecular flexibility index (Phi) is 6.86. The Morgan fingerprint density at radius 3 is 2.30 bits per heavy atom. The van der Waals surface area contributed by atoms with Crippen molar-refractivity contribution in [1.29, 1.82) is 0 Å². The maximum absolute atomic E-state index is 6.15. The topological polar surface area (TPSA) is 30.5 Å². The molecule has 0 aliphatic heterocycles. The second-order valence-corrected chi connectivity index (χ2v) is 5.71. The van der Waals surface area contributed by atoms with Gasteiger partial charge in [0.15, 0.2) is 0 Å². The highest BCUT2D eigenvalue weighted by Crippen LogP contribution is 2.34. The van der Waals surface area contributed by atoms with E-state index >= 15 is 0 Å². The Balaban J connectivity index is 2.99. The molecule has 1 aromatic rings. The molecule has 1 rings (SSSR count). The van der Waals surface area contributed by atoms with Gasteiger partial charge in [0.05, 0.1) is 18.8 Å². The first-order chi connectivity index (χ1) is 9.49. The van der Waals surface area contributed by atoms with Gasteiger partial charge in [-0.15, -0.1) is 0 Å². The second-order valence-electron chi connectivity index (χ2n) is 5.71. The monoisotopic (exact) mass is 279 g/mol. The van der Waals surface area contributed by atoms with Gasteiger partial charge in [0.1, 0.15) is 11.5 Å². The van der Waals surface area contributed by atoms with Crippen LogP contribution in [0.15, 0.2) is 18.2 Å². The number of ether oxygens (including phenoxy) is 2. The Hall–Kier alpha value is -1.22. The Labute approximate surface area is 123 Å². The lowest BCUT2D eigenvalue weighted by atomic mass is 10.0. The Morgan fingerprint density at radius 2 is 1.75 bits per heavy atom. The largest absolute Gasteiger partial charge is 0.496 e. The molecule has 0 aliphatic rings. The van der Waals surface area contributed by atoms with Gasteiger partial charge < -0.3 is 14.8 Å². The van der Waals surface area contributed by atoms with E-state index in [1.54, 1.807) is 7.11 Å². The third-order valence-corrected chi connectivity index (χ3v) is 3.32. The van der Waals surface area contributed by atoms with Crippen LogP contribution in [0.2, 0.25) is 0 Å². The van der Waals surface area contributed by atoms with E-state index in [-0.39, 0.29) is 12.1 Å². The highest BCUT2D eigenvalue weighted by Gasteiger charge is 2.18. The van der Waals surface area contributed by atoms with Crippen LogP contribution < -0.4 is 14.8 Å². The molecule has 0 amide bonds. The van der Waals surface area contributed by atoms with Crippen LogP contribution in [0.4, 0.5) is 0 Å². The molecule has 0 fully saturated rings. The van der Waals surface area contributed by atoms with E-state index in [4.69, 9.17) is 9.47 Å². The third-order valence-electron chi connectivity index (χ3n) is 3.32. The number of methoxy groups -OCH3 is 1. The van der Waals surface area contributed by atoms with Crippen molar-refractivity contribution in [1.82, 2.24) is 5.32 Å². The zero-order valence-corrected chi connectivity index (χ0v) is 13.7. The molecule has 0 aliphatic carbocycles. The summed E-state index contributed by atoms with van der Waals surface area (Å²) in [6, 6.07) is 6.21. The van der Waals surface area contributed by atoms with E-state index in [1.165, 1.54) is 0 Å². The molecular formula is C17H29NO2. The molecule has 1 N–H and O–H groups in total. The molecule has 1 aromatic carbocycles. The van der Waals surface area contributed by atoms with E-state index < -0.39 is 0 Å². The van der Waals surface area contributed by atoms with Crippen LogP contribution in [0.1, 0.15) is 52.6 Å². The fraction of sp³-hybridized carbons (Fsp3) is 0.647. The minimum atomic E-state index is 0.203.